The van der Waals surface area contributed by atoms with E-state index in [4.69, 9.17) is 5.73 Å². The van der Waals surface area contributed by atoms with Gasteiger partial charge < -0.3 is 11.1 Å². The largest absolute Gasteiger partial charge is 0.369 e. The van der Waals surface area contributed by atoms with Crippen LogP contribution in [0.5, 0.6) is 0 Å². The fourth-order valence-corrected chi connectivity index (χ4v) is 4.06. The number of anilines is 2. The number of nitrogens with one attached hydrogen (secondary N) is 1. The molecule has 2 aliphatic rings. The van der Waals surface area contributed by atoms with Crippen LogP contribution < -0.4 is 11.1 Å². The van der Waals surface area contributed by atoms with Gasteiger partial charge in [-0.1, -0.05) is 0 Å². The standard InChI is InChI=1S/C15H20N4S/c1-8-6-11-13(18-15(16)19-14(11)20-8)17-7-12(9-2-3-9)10-4-5-10/h6,9-10,12H,2-5,7H2,1H3,(H3,16,17,18,19). The first-order valence-electron chi connectivity index (χ1n) is 7.48. The molecule has 0 aromatic carbocycles. The minimum Gasteiger partial charge on any atom is -0.369 e. The molecule has 0 spiro atoms. The van der Waals surface area contributed by atoms with Gasteiger partial charge in [-0.2, -0.15) is 4.98 Å². The van der Waals surface area contributed by atoms with Gasteiger partial charge in [0, 0.05) is 11.4 Å². The minimum absolute atomic E-state index is 0.372. The van der Waals surface area contributed by atoms with Gasteiger partial charge in [-0.25, -0.2) is 4.98 Å². The summed E-state index contributed by atoms with van der Waals surface area (Å²) in [4.78, 5) is 11.0. The quantitative estimate of drug-likeness (QED) is 0.884. The van der Waals surface area contributed by atoms with Crippen molar-refractivity contribution in [2.24, 2.45) is 17.8 Å². The molecule has 5 heteroatoms. The molecule has 2 saturated carbocycles. The van der Waals surface area contributed by atoms with Crippen LogP contribution in [-0.4, -0.2) is 16.5 Å². The van der Waals surface area contributed by atoms with Gasteiger partial charge in [-0.05, 0) is 56.4 Å². The van der Waals surface area contributed by atoms with Gasteiger partial charge in [0.25, 0.3) is 0 Å². The predicted octanol–water partition coefficient (Wildman–Crippen LogP) is 3.43. The van der Waals surface area contributed by atoms with Gasteiger partial charge >= 0.3 is 0 Å². The molecule has 0 saturated heterocycles. The number of rotatable bonds is 5. The number of thiophene rings is 1. The van der Waals surface area contributed by atoms with E-state index in [0.717, 1.165) is 40.3 Å². The van der Waals surface area contributed by atoms with Gasteiger partial charge in [-0.15, -0.1) is 11.3 Å². The highest BCUT2D eigenvalue weighted by atomic mass is 32.1. The molecule has 2 heterocycles. The summed E-state index contributed by atoms with van der Waals surface area (Å²) in [6.07, 6.45) is 5.67. The smallest absolute Gasteiger partial charge is 0.223 e. The van der Waals surface area contributed by atoms with Gasteiger partial charge in [0.15, 0.2) is 0 Å². The van der Waals surface area contributed by atoms with Crippen molar-refractivity contribution in [1.29, 1.82) is 0 Å². The third kappa shape index (κ3) is 2.35. The summed E-state index contributed by atoms with van der Waals surface area (Å²) in [6, 6.07) is 2.16. The molecule has 0 unspecified atom stereocenters. The summed E-state index contributed by atoms with van der Waals surface area (Å²) in [5.41, 5.74) is 5.83. The molecule has 4 rings (SSSR count). The van der Waals surface area contributed by atoms with Crippen LogP contribution in [0.1, 0.15) is 30.6 Å². The second kappa shape index (κ2) is 4.58. The molecular weight excluding hydrogens is 268 g/mol. The van der Waals surface area contributed by atoms with Crippen LogP contribution in [-0.2, 0) is 0 Å². The Labute approximate surface area is 122 Å². The average Bonchev–Trinajstić information content (AvgIpc) is 3.28. The molecule has 3 N–H and O–H groups in total. The van der Waals surface area contributed by atoms with Crippen molar-refractivity contribution in [3.05, 3.63) is 10.9 Å². The topological polar surface area (TPSA) is 63.8 Å². The van der Waals surface area contributed by atoms with Crippen molar-refractivity contribution in [2.75, 3.05) is 17.6 Å². The van der Waals surface area contributed by atoms with E-state index in [0.29, 0.717) is 5.95 Å². The van der Waals surface area contributed by atoms with E-state index in [1.54, 1.807) is 11.3 Å². The molecule has 4 nitrogen and oxygen atoms in total. The number of nitrogens with zero attached hydrogens (tertiary/aromatic N) is 2. The predicted molar refractivity (Wildman–Crippen MR) is 84.0 cm³/mol. The molecule has 2 aliphatic carbocycles. The van der Waals surface area contributed by atoms with Crippen LogP contribution in [0.2, 0.25) is 0 Å². The summed E-state index contributed by atoms with van der Waals surface area (Å²) >= 11 is 1.68. The summed E-state index contributed by atoms with van der Waals surface area (Å²) in [5, 5.41) is 4.68. The zero-order valence-corrected chi connectivity index (χ0v) is 12.5. The van der Waals surface area contributed by atoms with Crippen molar-refractivity contribution >= 4 is 33.3 Å². The van der Waals surface area contributed by atoms with E-state index >= 15 is 0 Å². The number of fused-ring (bicyclic) bond motifs is 1. The van der Waals surface area contributed by atoms with E-state index in [2.05, 4.69) is 28.3 Å². The molecule has 2 aromatic rings. The maximum Gasteiger partial charge on any atom is 0.223 e. The highest BCUT2D eigenvalue weighted by molar-refractivity contribution is 7.18. The highest BCUT2D eigenvalue weighted by Crippen LogP contribution is 2.49. The Morgan fingerprint density at radius 3 is 2.65 bits per heavy atom. The van der Waals surface area contributed by atoms with Crippen molar-refractivity contribution in [3.63, 3.8) is 0 Å². The molecule has 0 radical (unpaired) electrons. The fraction of sp³-hybridized carbons (Fsp3) is 0.600. The lowest BCUT2D eigenvalue weighted by molar-refractivity contribution is 0.428. The number of nitrogen functional groups attached to an aromatic ring is 1. The Hall–Kier alpha value is -1.36. The zero-order valence-electron chi connectivity index (χ0n) is 11.7. The van der Waals surface area contributed by atoms with Gasteiger partial charge in [-0.3, -0.25) is 0 Å². The number of nitrogens with two attached hydrogens (primary N) is 1. The summed E-state index contributed by atoms with van der Waals surface area (Å²) in [5.74, 6) is 4.03. The lowest BCUT2D eigenvalue weighted by atomic mass is 9.98. The Balaban J connectivity index is 1.57. The van der Waals surface area contributed by atoms with Crippen LogP contribution in [0.25, 0.3) is 10.2 Å². The lowest BCUT2D eigenvalue weighted by Crippen LogP contribution is -2.19. The molecule has 0 bridgehead atoms. The SMILES string of the molecule is Cc1cc2c(NCC(C3CC3)C3CC3)nc(N)nc2s1. The van der Waals surface area contributed by atoms with Crippen molar-refractivity contribution < 1.29 is 0 Å². The lowest BCUT2D eigenvalue weighted by Gasteiger charge is -2.17. The van der Waals surface area contributed by atoms with Crippen LogP contribution in [0.3, 0.4) is 0 Å². The molecular formula is C15H20N4S. The molecule has 0 amide bonds. The van der Waals surface area contributed by atoms with Crippen LogP contribution >= 0.6 is 11.3 Å². The number of aromatic nitrogens is 2. The first kappa shape index (κ1) is 12.4. The maximum atomic E-state index is 5.83. The molecule has 2 fully saturated rings. The third-order valence-corrected chi connectivity index (χ3v) is 5.44. The average molecular weight is 288 g/mol. The van der Waals surface area contributed by atoms with Gasteiger partial charge in [0.05, 0.1) is 5.39 Å². The van der Waals surface area contributed by atoms with Crippen molar-refractivity contribution in [1.82, 2.24) is 9.97 Å². The molecule has 0 aliphatic heterocycles. The van der Waals surface area contributed by atoms with Crippen LogP contribution in [0.4, 0.5) is 11.8 Å². The van der Waals surface area contributed by atoms with E-state index in [-0.39, 0.29) is 0 Å². The van der Waals surface area contributed by atoms with Crippen molar-refractivity contribution in [2.45, 2.75) is 32.6 Å². The van der Waals surface area contributed by atoms with Crippen LogP contribution in [0.15, 0.2) is 6.07 Å². The Morgan fingerprint density at radius 1 is 1.30 bits per heavy atom. The van der Waals surface area contributed by atoms with E-state index < -0.39 is 0 Å². The molecule has 20 heavy (non-hydrogen) atoms. The van der Waals surface area contributed by atoms with Crippen LogP contribution in [0, 0.1) is 24.7 Å². The Morgan fingerprint density at radius 2 is 2.00 bits per heavy atom. The van der Waals surface area contributed by atoms with E-state index in [9.17, 15) is 0 Å². The first-order chi connectivity index (χ1) is 9.70. The summed E-state index contributed by atoms with van der Waals surface area (Å²) in [6.45, 7) is 3.14. The number of hydrogen-bond acceptors (Lipinski definition) is 5. The fourth-order valence-electron chi connectivity index (χ4n) is 3.17. The molecule has 106 valence electrons. The third-order valence-electron chi connectivity index (χ3n) is 4.49. The number of aryl methyl sites for hydroxylation is 1. The van der Waals surface area contributed by atoms with Crippen molar-refractivity contribution in [3.8, 4) is 0 Å². The van der Waals surface area contributed by atoms with Gasteiger partial charge in [0.1, 0.15) is 10.6 Å². The maximum absolute atomic E-state index is 5.83. The summed E-state index contributed by atoms with van der Waals surface area (Å²) < 4.78 is 0. The van der Waals surface area contributed by atoms with E-state index in [1.165, 1.54) is 30.6 Å². The zero-order chi connectivity index (χ0) is 13.7. The Kier molecular flexibility index (Phi) is 2.84. The monoisotopic (exact) mass is 288 g/mol. The normalized spacial score (nSPS) is 18.9. The second-order valence-electron chi connectivity index (χ2n) is 6.23. The summed E-state index contributed by atoms with van der Waals surface area (Å²) in [7, 11) is 0. The van der Waals surface area contributed by atoms with Gasteiger partial charge in [0.2, 0.25) is 5.95 Å². The second-order valence-corrected chi connectivity index (χ2v) is 7.46. The molecule has 0 atom stereocenters. The first-order valence-corrected chi connectivity index (χ1v) is 8.30. The van der Waals surface area contributed by atoms with E-state index in [1.807, 2.05) is 0 Å². The number of hydrogen-bond donors (Lipinski definition) is 2. The molecule has 2 aromatic heterocycles. The Bertz CT molecular complexity index is 631. The highest BCUT2D eigenvalue weighted by Gasteiger charge is 2.41. The minimum atomic E-state index is 0.372.